The molecular weight excluding hydrogens is 148 g/mol. The third-order valence-corrected chi connectivity index (χ3v) is 3.48. The van der Waals surface area contributed by atoms with Crippen molar-refractivity contribution in [1.82, 2.24) is 9.80 Å². The Labute approximate surface area is 74.5 Å². The molecule has 0 aromatic rings. The predicted molar refractivity (Wildman–Crippen MR) is 49.2 cm³/mol. The molecule has 0 aromatic carbocycles. The van der Waals surface area contributed by atoms with Gasteiger partial charge >= 0.3 is 0 Å². The maximum absolute atomic E-state index is 2.69. The van der Waals surface area contributed by atoms with Crippen LogP contribution in [-0.4, -0.2) is 48.1 Å². The summed E-state index contributed by atoms with van der Waals surface area (Å²) in [6.45, 7) is 5.39. The fraction of sp³-hybridized carbons (Fsp3) is 1.00. The van der Waals surface area contributed by atoms with Crippen LogP contribution in [0.4, 0.5) is 0 Å². The van der Waals surface area contributed by atoms with E-state index in [1.165, 1.54) is 51.9 Å². The van der Waals surface area contributed by atoms with E-state index in [1.54, 1.807) is 0 Å². The number of rotatable bonds is 2. The third-order valence-electron chi connectivity index (χ3n) is 3.48. The van der Waals surface area contributed by atoms with Gasteiger partial charge in [-0.05, 0) is 25.7 Å². The molecule has 3 aliphatic rings. The number of hydrogen-bond acceptors (Lipinski definition) is 2. The van der Waals surface area contributed by atoms with E-state index in [9.17, 15) is 0 Å². The average Bonchev–Trinajstić information content (AvgIpc) is 2.98. The zero-order valence-corrected chi connectivity index (χ0v) is 7.71. The molecule has 3 rings (SSSR count). The van der Waals surface area contributed by atoms with Gasteiger partial charge in [-0.15, -0.1) is 0 Å². The predicted octanol–water partition coefficient (Wildman–Crippen LogP) is 0.929. The summed E-state index contributed by atoms with van der Waals surface area (Å²) in [5, 5.41) is 0. The van der Waals surface area contributed by atoms with E-state index in [-0.39, 0.29) is 0 Å². The van der Waals surface area contributed by atoms with Crippen LogP contribution < -0.4 is 0 Å². The molecule has 1 saturated heterocycles. The molecule has 2 aliphatic carbocycles. The quantitative estimate of drug-likeness (QED) is 0.602. The molecule has 0 radical (unpaired) electrons. The molecule has 2 nitrogen and oxygen atoms in total. The Morgan fingerprint density at radius 2 is 0.917 bits per heavy atom. The highest BCUT2D eigenvalue weighted by atomic mass is 15.3. The van der Waals surface area contributed by atoms with Crippen molar-refractivity contribution in [1.29, 1.82) is 0 Å². The van der Waals surface area contributed by atoms with E-state index in [0.29, 0.717) is 0 Å². The van der Waals surface area contributed by atoms with Crippen molar-refractivity contribution in [3.8, 4) is 0 Å². The van der Waals surface area contributed by atoms with Crippen LogP contribution in [-0.2, 0) is 0 Å². The van der Waals surface area contributed by atoms with Gasteiger partial charge in [0.25, 0.3) is 0 Å². The lowest BCUT2D eigenvalue weighted by atomic mass is 10.3. The molecular formula is C10H18N2. The maximum Gasteiger partial charge on any atom is 0.0113 e. The van der Waals surface area contributed by atoms with Gasteiger partial charge in [-0.25, -0.2) is 0 Å². The summed E-state index contributed by atoms with van der Waals surface area (Å²) >= 11 is 0. The first-order valence-corrected chi connectivity index (χ1v) is 5.41. The molecule has 1 heterocycles. The standard InChI is InChI=1S/C10H18N2/c1-2-9(1)11-5-7-12(8-6-11)10-3-4-10/h9-10H,1-8H2. The Morgan fingerprint density at radius 1 is 0.583 bits per heavy atom. The molecule has 1 aliphatic heterocycles. The van der Waals surface area contributed by atoms with Crippen molar-refractivity contribution in [3.63, 3.8) is 0 Å². The van der Waals surface area contributed by atoms with Gasteiger partial charge in [0.2, 0.25) is 0 Å². The second kappa shape index (κ2) is 2.71. The zero-order valence-electron chi connectivity index (χ0n) is 7.71. The monoisotopic (exact) mass is 166 g/mol. The number of piperazine rings is 1. The lowest BCUT2D eigenvalue weighted by Gasteiger charge is -2.34. The van der Waals surface area contributed by atoms with Crippen LogP contribution in [0.3, 0.4) is 0 Å². The largest absolute Gasteiger partial charge is 0.298 e. The molecule has 0 N–H and O–H groups in total. The normalized spacial score (nSPS) is 34.0. The summed E-state index contributed by atoms with van der Waals surface area (Å²) in [5.74, 6) is 0. The minimum atomic E-state index is 0.992. The highest BCUT2D eigenvalue weighted by molar-refractivity contribution is 4.91. The van der Waals surface area contributed by atoms with Gasteiger partial charge < -0.3 is 0 Å². The first-order valence-electron chi connectivity index (χ1n) is 5.41. The van der Waals surface area contributed by atoms with Crippen molar-refractivity contribution in [3.05, 3.63) is 0 Å². The molecule has 0 unspecified atom stereocenters. The highest BCUT2D eigenvalue weighted by Gasteiger charge is 2.35. The van der Waals surface area contributed by atoms with Gasteiger partial charge in [0.15, 0.2) is 0 Å². The first-order chi connectivity index (χ1) is 5.93. The fourth-order valence-electron chi connectivity index (χ4n) is 2.35. The molecule has 2 heteroatoms. The summed E-state index contributed by atoms with van der Waals surface area (Å²) in [7, 11) is 0. The first kappa shape index (κ1) is 7.34. The summed E-state index contributed by atoms with van der Waals surface area (Å²) < 4.78 is 0. The van der Waals surface area contributed by atoms with Crippen LogP contribution in [0.1, 0.15) is 25.7 Å². The smallest absolute Gasteiger partial charge is 0.0113 e. The van der Waals surface area contributed by atoms with Gasteiger partial charge in [0, 0.05) is 38.3 Å². The Morgan fingerprint density at radius 3 is 1.17 bits per heavy atom. The Kier molecular flexibility index (Phi) is 1.66. The van der Waals surface area contributed by atoms with Crippen molar-refractivity contribution in [2.75, 3.05) is 26.2 Å². The maximum atomic E-state index is 2.69. The van der Waals surface area contributed by atoms with Gasteiger partial charge in [0.05, 0.1) is 0 Å². The Hall–Kier alpha value is -0.0800. The summed E-state index contributed by atoms with van der Waals surface area (Å²) in [5.41, 5.74) is 0. The SMILES string of the molecule is C1CC1N1CCN(C2CC2)CC1. The summed E-state index contributed by atoms with van der Waals surface area (Å²) in [6, 6.07) is 1.98. The average molecular weight is 166 g/mol. The Balaban J connectivity index is 1.51. The van der Waals surface area contributed by atoms with Gasteiger partial charge in [0.1, 0.15) is 0 Å². The van der Waals surface area contributed by atoms with Crippen molar-refractivity contribution in [2.24, 2.45) is 0 Å². The molecule has 0 bridgehead atoms. The van der Waals surface area contributed by atoms with E-state index in [0.717, 1.165) is 12.1 Å². The van der Waals surface area contributed by atoms with E-state index in [1.807, 2.05) is 0 Å². The second-order valence-corrected chi connectivity index (χ2v) is 4.53. The highest BCUT2D eigenvalue weighted by Crippen LogP contribution is 2.31. The molecule has 0 aromatic heterocycles. The second-order valence-electron chi connectivity index (χ2n) is 4.53. The zero-order chi connectivity index (χ0) is 7.97. The minimum Gasteiger partial charge on any atom is -0.298 e. The lowest BCUT2D eigenvalue weighted by Crippen LogP contribution is -2.47. The van der Waals surface area contributed by atoms with Crippen LogP contribution in [0.15, 0.2) is 0 Å². The van der Waals surface area contributed by atoms with Gasteiger partial charge in [-0.3, -0.25) is 9.80 Å². The molecule has 0 spiro atoms. The van der Waals surface area contributed by atoms with E-state index < -0.39 is 0 Å². The topological polar surface area (TPSA) is 6.48 Å². The number of hydrogen-bond donors (Lipinski definition) is 0. The van der Waals surface area contributed by atoms with E-state index in [2.05, 4.69) is 9.80 Å². The van der Waals surface area contributed by atoms with Crippen LogP contribution >= 0.6 is 0 Å². The van der Waals surface area contributed by atoms with Gasteiger partial charge in [-0.2, -0.15) is 0 Å². The molecule has 3 fully saturated rings. The van der Waals surface area contributed by atoms with E-state index in [4.69, 9.17) is 0 Å². The molecule has 0 amide bonds. The molecule has 0 atom stereocenters. The fourth-order valence-corrected chi connectivity index (χ4v) is 2.35. The molecule has 68 valence electrons. The van der Waals surface area contributed by atoms with Crippen LogP contribution in [0.5, 0.6) is 0 Å². The van der Waals surface area contributed by atoms with E-state index >= 15 is 0 Å². The minimum absolute atomic E-state index is 0.992. The van der Waals surface area contributed by atoms with Crippen molar-refractivity contribution >= 4 is 0 Å². The molecule has 12 heavy (non-hydrogen) atoms. The molecule has 2 saturated carbocycles. The van der Waals surface area contributed by atoms with Crippen molar-refractivity contribution in [2.45, 2.75) is 37.8 Å². The van der Waals surface area contributed by atoms with Crippen LogP contribution in [0.25, 0.3) is 0 Å². The summed E-state index contributed by atoms with van der Waals surface area (Å²) in [4.78, 5) is 5.39. The number of nitrogens with zero attached hydrogens (tertiary/aromatic N) is 2. The Bertz CT molecular complexity index is 145. The third kappa shape index (κ3) is 1.38. The van der Waals surface area contributed by atoms with Gasteiger partial charge in [-0.1, -0.05) is 0 Å². The van der Waals surface area contributed by atoms with Crippen LogP contribution in [0, 0.1) is 0 Å². The van der Waals surface area contributed by atoms with Crippen LogP contribution in [0.2, 0.25) is 0 Å². The van der Waals surface area contributed by atoms with Crippen molar-refractivity contribution < 1.29 is 0 Å². The lowest BCUT2D eigenvalue weighted by molar-refractivity contribution is 0.121. The summed E-state index contributed by atoms with van der Waals surface area (Å²) in [6.07, 6.45) is 5.90.